The summed E-state index contributed by atoms with van der Waals surface area (Å²) in [4.78, 5) is 50.2. The zero-order valence-electron chi connectivity index (χ0n) is 21.3. The second-order valence-electron chi connectivity index (χ2n) is 9.15. The number of nitrogens with one attached hydrogen (secondary N) is 6. The number of anilines is 1. The second-order valence-corrected chi connectivity index (χ2v) is 9.15. The molecule has 0 aliphatic rings. The Hall–Kier alpha value is -4.48. The molecule has 12 nitrogen and oxygen atoms in total. The molecule has 0 fully saturated rings. The maximum absolute atomic E-state index is 12.8. The van der Waals surface area contributed by atoms with Crippen LogP contribution in [0, 0.1) is 12.3 Å². The Kier molecular flexibility index (Phi) is 10.5. The predicted octanol–water partition coefficient (Wildman–Crippen LogP) is 1.51. The Balaban J connectivity index is 1.93. The minimum Gasteiger partial charge on any atom is -0.362 e. The molecule has 37 heavy (non-hydrogen) atoms. The number of carbonyl (C=O) groups excluding carboxylic acids is 4. The molecule has 0 aliphatic carbocycles. The maximum atomic E-state index is 12.8. The Morgan fingerprint density at radius 2 is 1.81 bits per heavy atom. The van der Waals surface area contributed by atoms with Crippen LogP contribution in [-0.4, -0.2) is 59.7 Å². The molecule has 1 atom stereocenters. The van der Waals surface area contributed by atoms with Crippen molar-refractivity contribution in [2.24, 2.45) is 0 Å². The molecule has 1 aromatic heterocycles. The number of carbonyl (C=O) groups is 4. The highest BCUT2D eigenvalue weighted by Crippen LogP contribution is 2.10. The van der Waals surface area contributed by atoms with Gasteiger partial charge in [0.25, 0.3) is 11.8 Å². The van der Waals surface area contributed by atoms with Gasteiger partial charge in [-0.1, -0.05) is 11.2 Å². The van der Waals surface area contributed by atoms with E-state index in [1.807, 2.05) is 0 Å². The largest absolute Gasteiger partial charge is 0.362 e. The molecular weight excluding hydrogens is 478 g/mol. The highest BCUT2D eigenvalue weighted by atomic mass is 16.5. The van der Waals surface area contributed by atoms with Crippen LogP contribution in [0.25, 0.3) is 0 Å². The molecule has 0 bridgehead atoms. The molecule has 198 valence electrons. The van der Waals surface area contributed by atoms with Crippen molar-refractivity contribution in [2.75, 3.05) is 18.4 Å². The lowest BCUT2D eigenvalue weighted by atomic mass is 10.1. The first-order chi connectivity index (χ1) is 17.5. The summed E-state index contributed by atoms with van der Waals surface area (Å²) in [5, 5.41) is 24.2. The third kappa shape index (κ3) is 10.3. The lowest BCUT2D eigenvalue weighted by Gasteiger charge is -2.23. The number of rotatable bonds is 12. The number of aromatic nitrogens is 1. The topological polar surface area (TPSA) is 178 Å². The molecule has 0 saturated heterocycles. The van der Waals surface area contributed by atoms with E-state index < -0.39 is 29.3 Å². The first-order valence-electron chi connectivity index (χ1n) is 11.6. The number of allylic oxidation sites excluding steroid dienone is 1. The van der Waals surface area contributed by atoms with Crippen LogP contribution in [0.1, 0.15) is 53.8 Å². The van der Waals surface area contributed by atoms with Gasteiger partial charge < -0.3 is 36.5 Å². The van der Waals surface area contributed by atoms with Crippen LogP contribution in [0.4, 0.5) is 5.69 Å². The second kappa shape index (κ2) is 13.6. The van der Waals surface area contributed by atoms with Gasteiger partial charge in [-0.15, -0.1) is 0 Å². The Morgan fingerprint density at radius 1 is 1.08 bits per heavy atom. The summed E-state index contributed by atoms with van der Waals surface area (Å²) in [6.45, 7) is 7.23. The molecule has 0 saturated carbocycles. The molecule has 0 unspecified atom stereocenters. The van der Waals surface area contributed by atoms with Gasteiger partial charge in [0.1, 0.15) is 11.8 Å². The van der Waals surface area contributed by atoms with Crippen LogP contribution in [0.5, 0.6) is 0 Å². The van der Waals surface area contributed by atoms with Crippen LogP contribution in [0.15, 0.2) is 47.1 Å². The number of hydrogen-bond donors (Lipinski definition) is 6. The van der Waals surface area contributed by atoms with Gasteiger partial charge in [-0.05, 0) is 52.0 Å². The highest BCUT2D eigenvalue weighted by molar-refractivity contribution is 5.98. The molecular formula is C25H33N7O5. The van der Waals surface area contributed by atoms with Gasteiger partial charge in [-0.3, -0.25) is 19.2 Å². The van der Waals surface area contributed by atoms with Crippen molar-refractivity contribution in [2.45, 2.75) is 45.7 Å². The van der Waals surface area contributed by atoms with Crippen molar-refractivity contribution in [3.63, 3.8) is 0 Å². The van der Waals surface area contributed by atoms with E-state index in [0.29, 0.717) is 17.0 Å². The van der Waals surface area contributed by atoms with Crippen LogP contribution >= 0.6 is 0 Å². The average molecular weight is 512 g/mol. The summed E-state index contributed by atoms with van der Waals surface area (Å²) in [5.74, 6) is -1.57. The summed E-state index contributed by atoms with van der Waals surface area (Å²) in [6.07, 6.45) is 3.91. The number of hydrogen-bond acceptors (Lipinski definition) is 8. The van der Waals surface area contributed by atoms with E-state index in [2.05, 4.69) is 31.7 Å². The third-order valence-corrected chi connectivity index (χ3v) is 4.66. The van der Waals surface area contributed by atoms with Gasteiger partial charge in [-0.25, -0.2) is 0 Å². The summed E-state index contributed by atoms with van der Waals surface area (Å²) in [5.41, 5.74) is 0.558. The highest BCUT2D eigenvalue weighted by Gasteiger charge is 2.27. The van der Waals surface area contributed by atoms with Crippen molar-refractivity contribution in [1.82, 2.24) is 26.4 Å². The lowest BCUT2D eigenvalue weighted by molar-refractivity contribution is -0.128. The molecule has 0 spiro atoms. The molecule has 1 heterocycles. The van der Waals surface area contributed by atoms with E-state index in [-0.39, 0.29) is 31.1 Å². The van der Waals surface area contributed by atoms with Gasteiger partial charge in [0, 0.05) is 48.4 Å². The van der Waals surface area contributed by atoms with Gasteiger partial charge >= 0.3 is 0 Å². The first-order valence-corrected chi connectivity index (χ1v) is 11.6. The fourth-order valence-corrected chi connectivity index (χ4v) is 3.10. The third-order valence-electron chi connectivity index (χ3n) is 4.66. The lowest BCUT2D eigenvalue weighted by Crippen LogP contribution is -2.51. The van der Waals surface area contributed by atoms with E-state index >= 15 is 0 Å². The quantitative estimate of drug-likeness (QED) is 0.185. The number of benzene rings is 1. The zero-order chi connectivity index (χ0) is 27.4. The molecule has 2 aromatic rings. The van der Waals surface area contributed by atoms with Crippen molar-refractivity contribution >= 4 is 35.5 Å². The summed E-state index contributed by atoms with van der Waals surface area (Å²) in [6, 6.07) is 7.03. The minimum atomic E-state index is -1.17. The van der Waals surface area contributed by atoms with E-state index in [0.717, 1.165) is 6.21 Å². The van der Waals surface area contributed by atoms with Gasteiger partial charge in [0.05, 0.1) is 6.42 Å². The maximum Gasteiger partial charge on any atom is 0.274 e. The molecule has 12 heteroatoms. The first kappa shape index (κ1) is 28.8. The SMILES string of the molecule is Cc1cc(C(=O)N[C@@H](CC(=O)NC(C)(C)C)C(=O)NCCNC(=O)c2cccc(N/C=C\C=N)c2)no1. The van der Waals surface area contributed by atoms with Crippen LogP contribution in [-0.2, 0) is 9.59 Å². The van der Waals surface area contributed by atoms with E-state index in [1.54, 1.807) is 58.2 Å². The normalized spacial score (nSPS) is 11.9. The summed E-state index contributed by atoms with van der Waals surface area (Å²) < 4.78 is 4.90. The van der Waals surface area contributed by atoms with E-state index in [9.17, 15) is 19.2 Å². The van der Waals surface area contributed by atoms with Crippen LogP contribution in [0.2, 0.25) is 0 Å². The van der Waals surface area contributed by atoms with Crippen molar-refractivity contribution < 1.29 is 23.7 Å². The molecule has 0 radical (unpaired) electrons. The average Bonchev–Trinajstić information content (AvgIpc) is 3.26. The van der Waals surface area contributed by atoms with E-state index in [4.69, 9.17) is 9.93 Å². The molecule has 4 amide bonds. The number of aryl methyl sites for hydroxylation is 1. The summed E-state index contributed by atoms with van der Waals surface area (Å²) in [7, 11) is 0. The Morgan fingerprint density at radius 3 is 2.46 bits per heavy atom. The molecule has 2 rings (SSSR count). The van der Waals surface area contributed by atoms with Crippen molar-refractivity contribution in [3.8, 4) is 0 Å². The van der Waals surface area contributed by atoms with Gasteiger partial charge in [0.15, 0.2) is 5.69 Å². The molecule has 1 aromatic carbocycles. The standard InChI is InChI=1S/C25H33N7O5/c1-16-13-20(32-37-16)24(36)30-19(15-21(33)31-25(2,3)4)23(35)29-12-11-28-22(34)17-7-5-8-18(14-17)27-10-6-9-26/h5-10,13-14,19,26-27H,11-12,15H2,1-4H3,(H,28,34)(H,29,35)(H,30,36)(H,31,33)/b10-6-,26-9?/t19-/m0/s1. The Bertz CT molecular complexity index is 1150. The molecule has 0 aliphatic heterocycles. The monoisotopic (exact) mass is 511 g/mol. The van der Waals surface area contributed by atoms with Crippen LogP contribution in [0.3, 0.4) is 0 Å². The van der Waals surface area contributed by atoms with Crippen molar-refractivity contribution in [1.29, 1.82) is 5.41 Å². The smallest absolute Gasteiger partial charge is 0.274 e. The number of amides is 4. The minimum absolute atomic E-state index is 0.0103. The zero-order valence-corrected chi connectivity index (χ0v) is 21.3. The predicted molar refractivity (Wildman–Crippen MR) is 138 cm³/mol. The van der Waals surface area contributed by atoms with E-state index in [1.165, 1.54) is 12.1 Å². The Labute approximate surface area is 215 Å². The summed E-state index contributed by atoms with van der Waals surface area (Å²) >= 11 is 0. The fourth-order valence-electron chi connectivity index (χ4n) is 3.10. The fraction of sp³-hybridized carbons (Fsp3) is 0.360. The number of nitrogens with zero attached hydrogens (tertiary/aromatic N) is 1. The van der Waals surface area contributed by atoms with Gasteiger partial charge in [-0.2, -0.15) is 0 Å². The van der Waals surface area contributed by atoms with Crippen LogP contribution < -0.4 is 26.6 Å². The van der Waals surface area contributed by atoms with Gasteiger partial charge in [0.2, 0.25) is 11.8 Å². The molecule has 6 N–H and O–H groups in total. The van der Waals surface area contributed by atoms with Crippen molar-refractivity contribution in [3.05, 3.63) is 59.6 Å².